The molecule has 1 atom stereocenters. The van der Waals surface area contributed by atoms with Crippen molar-refractivity contribution >= 4 is 24.2 Å². The Labute approximate surface area is 151 Å². The van der Waals surface area contributed by atoms with Gasteiger partial charge in [0, 0.05) is 6.20 Å². The molecule has 0 fully saturated rings. The van der Waals surface area contributed by atoms with Crippen LogP contribution in [0, 0.1) is 13.5 Å². The van der Waals surface area contributed by atoms with Crippen LogP contribution >= 0.6 is 0 Å². The first-order valence-corrected chi connectivity index (χ1v) is 8.16. The van der Waals surface area contributed by atoms with Gasteiger partial charge in [-0.1, -0.05) is 0 Å². The van der Waals surface area contributed by atoms with Gasteiger partial charge >= 0.3 is 13.1 Å². The van der Waals surface area contributed by atoms with E-state index in [1.54, 1.807) is 31.2 Å². The number of pyridine rings is 1. The highest BCUT2D eigenvalue weighted by molar-refractivity contribution is 6.62. The normalized spacial score (nSPS) is 15.3. The molecular weight excluding hydrogens is 335 g/mol. The molecule has 8 heteroatoms. The maximum absolute atomic E-state index is 11.7. The second kappa shape index (κ2) is 7.56. The fraction of sp³-hybridized carbons (Fsp3) is 0.278. The summed E-state index contributed by atoms with van der Waals surface area (Å²) in [5.41, 5.74) is 2.59. The Bertz CT molecular complexity index is 863. The van der Waals surface area contributed by atoms with E-state index in [1.807, 2.05) is 6.92 Å². The third-order valence-electron chi connectivity index (χ3n) is 4.00. The van der Waals surface area contributed by atoms with Gasteiger partial charge in [0.25, 0.3) is 0 Å². The zero-order chi connectivity index (χ0) is 18.7. The van der Waals surface area contributed by atoms with Crippen molar-refractivity contribution in [1.29, 1.82) is 0 Å². The molecule has 0 aliphatic carbocycles. The van der Waals surface area contributed by atoms with E-state index in [0.717, 1.165) is 11.1 Å². The Balaban J connectivity index is 1.83. The van der Waals surface area contributed by atoms with Crippen molar-refractivity contribution in [1.82, 2.24) is 4.98 Å². The number of esters is 1. The number of aromatic nitrogens is 1. The van der Waals surface area contributed by atoms with Gasteiger partial charge in [-0.25, -0.2) is 9.83 Å². The first-order valence-electron chi connectivity index (χ1n) is 8.16. The van der Waals surface area contributed by atoms with Crippen LogP contribution in [0.25, 0.3) is 4.85 Å². The van der Waals surface area contributed by atoms with Gasteiger partial charge in [0.05, 0.1) is 25.7 Å². The minimum atomic E-state index is -1.14. The number of ether oxygens (including phenoxy) is 2. The first-order chi connectivity index (χ1) is 12.5. The predicted molar refractivity (Wildman–Crippen MR) is 94.4 cm³/mol. The van der Waals surface area contributed by atoms with E-state index < -0.39 is 13.2 Å². The van der Waals surface area contributed by atoms with E-state index in [-0.39, 0.29) is 12.4 Å². The van der Waals surface area contributed by atoms with Gasteiger partial charge in [0.2, 0.25) is 11.6 Å². The molecule has 0 radical (unpaired) electrons. The summed E-state index contributed by atoms with van der Waals surface area (Å²) in [5.74, 6) is 0.457. The molecule has 26 heavy (non-hydrogen) atoms. The average molecular weight is 352 g/mol. The molecule has 0 saturated heterocycles. The molecule has 132 valence electrons. The summed E-state index contributed by atoms with van der Waals surface area (Å²) in [5, 5.41) is 10.2. The van der Waals surface area contributed by atoms with Crippen molar-refractivity contribution in [2.75, 3.05) is 6.61 Å². The Hall–Kier alpha value is -2.89. The maximum Gasteiger partial charge on any atom is 0.492 e. The van der Waals surface area contributed by atoms with Gasteiger partial charge in [-0.3, -0.25) is 4.79 Å². The van der Waals surface area contributed by atoms with Crippen molar-refractivity contribution in [2.24, 2.45) is 0 Å². The van der Waals surface area contributed by atoms with E-state index in [2.05, 4.69) is 9.83 Å². The lowest BCUT2D eigenvalue weighted by Gasteiger charge is -2.14. The molecule has 1 aromatic heterocycles. The summed E-state index contributed by atoms with van der Waals surface area (Å²) < 4.78 is 16.2. The Morgan fingerprint density at radius 1 is 1.46 bits per heavy atom. The summed E-state index contributed by atoms with van der Waals surface area (Å²) in [4.78, 5) is 19.1. The third kappa shape index (κ3) is 3.69. The number of aryl methyl sites for hydroxylation is 1. The number of rotatable bonds is 5. The molecule has 2 aromatic rings. The van der Waals surface area contributed by atoms with Crippen LogP contribution < -0.4 is 10.2 Å². The van der Waals surface area contributed by atoms with E-state index in [0.29, 0.717) is 29.4 Å². The molecule has 1 N–H and O–H groups in total. The van der Waals surface area contributed by atoms with Crippen molar-refractivity contribution < 1.29 is 23.9 Å². The summed E-state index contributed by atoms with van der Waals surface area (Å²) in [6.45, 7) is 10.8. The summed E-state index contributed by atoms with van der Waals surface area (Å²) >= 11 is 0. The topological polar surface area (TPSA) is 82.2 Å². The van der Waals surface area contributed by atoms with Crippen molar-refractivity contribution in [2.45, 2.75) is 26.4 Å². The molecule has 1 aliphatic rings. The van der Waals surface area contributed by atoms with Crippen LogP contribution in [0.5, 0.6) is 11.6 Å². The fourth-order valence-electron chi connectivity index (χ4n) is 2.93. The molecule has 0 spiro atoms. The lowest BCUT2D eigenvalue weighted by atomic mass is 9.77. The predicted octanol–water partition coefficient (Wildman–Crippen LogP) is 2.45. The van der Waals surface area contributed by atoms with E-state index in [9.17, 15) is 9.82 Å². The number of fused-ring (bicyclic) bond motifs is 1. The summed E-state index contributed by atoms with van der Waals surface area (Å²) in [6.07, 6.45) is 0.915. The molecule has 0 saturated carbocycles. The van der Waals surface area contributed by atoms with Crippen molar-refractivity contribution in [3.05, 3.63) is 53.0 Å². The smallest absolute Gasteiger partial charge is 0.466 e. The summed E-state index contributed by atoms with van der Waals surface area (Å²) in [6, 6.07) is 6.68. The minimum Gasteiger partial charge on any atom is -0.466 e. The van der Waals surface area contributed by atoms with Gasteiger partial charge in [0.15, 0.2) is 0 Å². The van der Waals surface area contributed by atoms with Gasteiger partial charge < -0.3 is 19.2 Å². The quantitative estimate of drug-likeness (QED) is 0.506. The van der Waals surface area contributed by atoms with Gasteiger partial charge in [0.1, 0.15) is 5.75 Å². The van der Waals surface area contributed by atoms with Crippen LogP contribution in [0.1, 0.15) is 30.6 Å². The Kier molecular flexibility index (Phi) is 5.21. The molecule has 1 unspecified atom stereocenters. The standard InChI is InChI=1S/C18H17BN2O5/c1-4-24-17(22)9-15-18-11(2)7-13(8-14(18)19(23)26-15)25-16-6-5-12(20-3)10-21-16/h5-8,10,15,23H,4,9H2,1-2H3. The molecule has 0 amide bonds. The molecule has 2 heterocycles. The highest BCUT2D eigenvalue weighted by atomic mass is 16.5. The van der Waals surface area contributed by atoms with Crippen LogP contribution in [-0.4, -0.2) is 29.7 Å². The van der Waals surface area contributed by atoms with E-state index in [1.165, 1.54) is 6.20 Å². The number of carbonyl (C=O) groups is 1. The SMILES string of the molecule is [C-]#[N+]c1ccc(Oc2cc(C)c3c(c2)B(O)OC3CC(=O)OCC)nc1. The summed E-state index contributed by atoms with van der Waals surface area (Å²) in [7, 11) is -1.14. The monoisotopic (exact) mass is 352 g/mol. The van der Waals surface area contributed by atoms with E-state index >= 15 is 0 Å². The lowest BCUT2D eigenvalue weighted by Crippen LogP contribution is -2.28. The van der Waals surface area contributed by atoms with E-state index in [4.69, 9.17) is 20.7 Å². The van der Waals surface area contributed by atoms with Gasteiger partial charge in [-0.15, -0.1) is 0 Å². The highest BCUT2D eigenvalue weighted by Gasteiger charge is 2.38. The van der Waals surface area contributed by atoms with Crippen molar-refractivity contribution in [3.8, 4) is 11.6 Å². The van der Waals surface area contributed by atoms with Crippen LogP contribution in [0.4, 0.5) is 5.69 Å². The highest BCUT2D eigenvalue weighted by Crippen LogP contribution is 2.33. The van der Waals surface area contributed by atoms with Gasteiger partial charge in [-0.2, -0.15) is 0 Å². The number of nitrogens with zero attached hydrogens (tertiary/aromatic N) is 2. The second-order valence-corrected chi connectivity index (χ2v) is 5.80. The second-order valence-electron chi connectivity index (χ2n) is 5.80. The molecule has 7 nitrogen and oxygen atoms in total. The zero-order valence-electron chi connectivity index (χ0n) is 14.4. The minimum absolute atomic E-state index is 0.0403. The molecule has 0 bridgehead atoms. The molecule has 3 rings (SSSR count). The maximum atomic E-state index is 11.7. The third-order valence-corrected chi connectivity index (χ3v) is 4.00. The Morgan fingerprint density at radius 3 is 2.92 bits per heavy atom. The van der Waals surface area contributed by atoms with Crippen LogP contribution in [-0.2, 0) is 14.2 Å². The Morgan fingerprint density at radius 2 is 2.27 bits per heavy atom. The largest absolute Gasteiger partial charge is 0.492 e. The number of hydrogen-bond donors (Lipinski definition) is 1. The van der Waals surface area contributed by atoms with Crippen LogP contribution in [0.3, 0.4) is 0 Å². The number of benzene rings is 1. The molecule has 1 aromatic carbocycles. The molecule has 1 aliphatic heterocycles. The molecular formula is C18H17BN2O5. The van der Waals surface area contributed by atoms with Crippen LogP contribution in [0.2, 0.25) is 0 Å². The fourth-order valence-corrected chi connectivity index (χ4v) is 2.93. The first kappa shape index (κ1) is 17.9. The van der Waals surface area contributed by atoms with Crippen molar-refractivity contribution in [3.63, 3.8) is 0 Å². The average Bonchev–Trinajstić information content (AvgIpc) is 2.92. The number of hydrogen-bond acceptors (Lipinski definition) is 6. The van der Waals surface area contributed by atoms with Crippen LogP contribution in [0.15, 0.2) is 30.5 Å². The number of carbonyl (C=O) groups excluding carboxylic acids is 1. The van der Waals surface area contributed by atoms with Gasteiger partial charge in [-0.05, 0) is 54.7 Å². The lowest BCUT2D eigenvalue weighted by molar-refractivity contribution is -0.145. The zero-order valence-corrected chi connectivity index (χ0v) is 14.4.